The Balaban J connectivity index is 1.24. The summed E-state index contributed by atoms with van der Waals surface area (Å²) in [4.78, 5) is 18.6. The van der Waals surface area contributed by atoms with Crippen LogP contribution >= 0.6 is 0 Å². The van der Waals surface area contributed by atoms with Crippen LogP contribution < -0.4 is 4.90 Å². The van der Waals surface area contributed by atoms with Crippen molar-refractivity contribution in [2.45, 2.75) is 37.5 Å². The molecule has 2 fully saturated rings. The number of likely N-dealkylation sites (tertiary alicyclic amines) is 1. The summed E-state index contributed by atoms with van der Waals surface area (Å²) in [5.41, 5.74) is 0.0303. The van der Waals surface area contributed by atoms with E-state index in [9.17, 15) is 23.1 Å². The third-order valence-electron chi connectivity index (χ3n) is 7.02. The van der Waals surface area contributed by atoms with E-state index in [0.29, 0.717) is 51.1 Å². The number of hydrogen-bond acceptors (Lipinski definition) is 4. The zero-order valence-electron chi connectivity index (χ0n) is 19.3. The lowest BCUT2D eigenvalue weighted by molar-refractivity contribution is -0.137. The van der Waals surface area contributed by atoms with Crippen molar-refractivity contribution >= 4 is 11.6 Å². The molecule has 34 heavy (non-hydrogen) atoms. The van der Waals surface area contributed by atoms with Crippen LogP contribution in [0, 0.1) is 0 Å². The van der Waals surface area contributed by atoms with Crippen LogP contribution in [-0.4, -0.2) is 66.6 Å². The summed E-state index contributed by atoms with van der Waals surface area (Å²) in [6.07, 6.45) is -1.88. The maximum absolute atomic E-state index is 13.1. The lowest BCUT2D eigenvalue weighted by Gasteiger charge is -2.38. The third kappa shape index (κ3) is 5.91. The van der Waals surface area contributed by atoms with Gasteiger partial charge in [0.15, 0.2) is 0 Å². The number of halogens is 3. The van der Waals surface area contributed by atoms with E-state index < -0.39 is 17.3 Å². The van der Waals surface area contributed by atoms with Gasteiger partial charge in [-0.05, 0) is 49.6 Å². The predicted octanol–water partition coefficient (Wildman–Crippen LogP) is 4.12. The number of alkyl halides is 3. The Kier molecular flexibility index (Phi) is 7.48. The van der Waals surface area contributed by atoms with Gasteiger partial charge in [0.2, 0.25) is 5.91 Å². The van der Waals surface area contributed by atoms with Gasteiger partial charge in [0.1, 0.15) is 0 Å². The van der Waals surface area contributed by atoms with Crippen molar-refractivity contribution in [2.75, 3.05) is 50.7 Å². The van der Waals surface area contributed by atoms with Crippen LogP contribution in [0.2, 0.25) is 0 Å². The van der Waals surface area contributed by atoms with Crippen molar-refractivity contribution in [1.82, 2.24) is 9.80 Å². The number of nitrogens with zero attached hydrogens (tertiary/aromatic N) is 3. The molecule has 0 aliphatic carbocycles. The van der Waals surface area contributed by atoms with Crippen LogP contribution in [-0.2, 0) is 16.6 Å². The monoisotopic (exact) mass is 475 g/mol. The first-order valence-electron chi connectivity index (χ1n) is 11.9. The first-order valence-corrected chi connectivity index (χ1v) is 11.9. The highest BCUT2D eigenvalue weighted by molar-refractivity contribution is 5.77. The van der Waals surface area contributed by atoms with Gasteiger partial charge in [-0.2, -0.15) is 13.2 Å². The molecule has 2 heterocycles. The van der Waals surface area contributed by atoms with Crippen LogP contribution in [0.1, 0.15) is 36.8 Å². The molecule has 2 aliphatic heterocycles. The molecule has 4 rings (SSSR count). The Hall–Kier alpha value is -2.58. The molecule has 0 radical (unpaired) electrons. The third-order valence-corrected chi connectivity index (χ3v) is 7.02. The maximum Gasteiger partial charge on any atom is 0.416 e. The van der Waals surface area contributed by atoms with E-state index in [-0.39, 0.29) is 5.91 Å². The Morgan fingerprint density at radius 1 is 0.882 bits per heavy atom. The smallest absolute Gasteiger partial charge is 0.385 e. The molecule has 0 spiro atoms. The fourth-order valence-electron chi connectivity index (χ4n) is 4.91. The first-order chi connectivity index (χ1) is 16.2. The summed E-state index contributed by atoms with van der Waals surface area (Å²) in [7, 11) is 0. The number of carbonyl (C=O) groups is 1. The van der Waals surface area contributed by atoms with Gasteiger partial charge in [-0.3, -0.25) is 4.79 Å². The summed E-state index contributed by atoms with van der Waals surface area (Å²) in [6.45, 7) is 4.54. The second-order valence-corrected chi connectivity index (χ2v) is 9.26. The molecule has 0 saturated carbocycles. The highest BCUT2D eigenvalue weighted by Crippen LogP contribution is 2.33. The molecular formula is C26H32F3N3O2. The Bertz CT molecular complexity index is 959. The fourth-order valence-corrected chi connectivity index (χ4v) is 4.91. The minimum Gasteiger partial charge on any atom is -0.385 e. The van der Waals surface area contributed by atoms with Crippen molar-refractivity contribution < 1.29 is 23.1 Å². The maximum atomic E-state index is 13.1. The van der Waals surface area contributed by atoms with Gasteiger partial charge in [0.05, 0.1) is 11.2 Å². The van der Waals surface area contributed by atoms with Crippen LogP contribution in [0.4, 0.5) is 18.9 Å². The normalized spacial score (nSPS) is 19.8. The predicted molar refractivity (Wildman–Crippen MR) is 125 cm³/mol. The van der Waals surface area contributed by atoms with Crippen LogP contribution in [0.25, 0.3) is 0 Å². The van der Waals surface area contributed by atoms with Crippen molar-refractivity contribution in [3.05, 3.63) is 65.7 Å². The average Bonchev–Trinajstić information content (AvgIpc) is 3.02. The Labute approximate surface area is 198 Å². The van der Waals surface area contributed by atoms with E-state index in [4.69, 9.17) is 0 Å². The summed E-state index contributed by atoms with van der Waals surface area (Å²) in [5, 5.41) is 11.0. The topological polar surface area (TPSA) is 47.0 Å². The number of amides is 1. The molecule has 184 valence electrons. The van der Waals surface area contributed by atoms with Crippen LogP contribution in [0.3, 0.4) is 0 Å². The van der Waals surface area contributed by atoms with Crippen molar-refractivity contribution in [3.8, 4) is 0 Å². The minimum atomic E-state index is -4.38. The Morgan fingerprint density at radius 2 is 1.62 bits per heavy atom. The number of carbonyl (C=O) groups excluding carboxylic acids is 1. The molecule has 2 aliphatic rings. The van der Waals surface area contributed by atoms with E-state index in [1.807, 2.05) is 40.1 Å². The summed E-state index contributed by atoms with van der Waals surface area (Å²) >= 11 is 0. The molecule has 0 aromatic heterocycles. The highest BCUT2D eigenvalue weighted by Gasteiger charge is 2.34. The van der Waals surface area contributed by atoms with E-state index in [1.54, 1.807) is 6.07 Å². The molecule has 0 atom stereocenters. The van der Waals surface area contributed by atoms with E-state index in [1.165, 1.54) is 6.07 Å². The van der Waals surface area contributed by atoms with Crippen molar-refractivity contribution in [1.29, 1.82) is 0 Å². The second-order valence-electron chi connectivity index (χ2n) is 9.26. The van der Waals surface area contributed by atoms with Gasteiger partial charge in [-0.15, -0.1) is 0 Å². The molecule has 1 N–H and O–H groups in total. The standard InChI is InChI=1S/C26H32F3N3O2/c27-26(28,29)22-8-4-9-23(20-22)31-15-10-24(33)32(19-18-31)14-5-13-30-16-11-25(34,12-17-30)21-6-2-1-3-7-21/h1-4,6-9,20,34H,5,10-19H2. The lowest BCUT2D eigenvalue weighted by atomic mass is 9.84. The zero-order chi connectivity index (χ0) is 24.2. The van der Waals surface area contributed by atoms with Gasteiger partial charge in [-0.25, -0.2) is 0 Å². The SMILES string of the molecule is O=C1CCN(c2cccc(C(F)(F)F)c2)CCN1CCCN1CCC(O)(c2ccccc2)CC1. The van der Waals surface area contributed by atoms with E-state index in [0.717, 1.165) is 43.8 Å². The molecular weight excluding hydrogens is 443 g/mol. The average molecular weight is 476 g/mol. The quantitative estimate of drug-likeness (QED) is 0.683. The van der Waals surface area contributed by atoms with E-state index in [2.05, 4.69) is 4.90 Å². The molecule has 8 heteroatoms. The fraction of sp³-hybridized carbons (Fsp3) is 0.500. The molecule has 0 bridgehead atoms. The summed E-state index contributed by atoms with van der Waals surface area (Å²) in [6, 6.07) is 15.1. The molecule has 2 aromatic carbocycles. The van der Waals surface area contributed by atoms with Gasteiger partial charge in [-0.1, -0.05) is 36.4 Å². The number of hydrogen-bond donors (Lipinski definition) is 1. The summed E-state index contributed by atoms with van der Waals surface area (Å²) < 4.78 is 39.2. The zero-order valence-corrected chi connectivity index (χ0v) is 19.3. The molecule has 5 nitrogen and oxygen atoms in total. The largest absolute Gasteiger partial charge is 0.416 e. The van der Waals surface area contributed by atoms with E-state index >= 15 is 0 Å². The van der Waals surface area contributed by atoms with Crippen LogP contribution in [0.15, 0.2) is 54.6 Å². The van der Waals surface area contributed by atoms with Gasteiger partial charge < -0.3 is 19.8 Å². The minimum absolute atomic E-state index is 0.0478. The molecule has 2 aromatic rings. The number of piperidine rings is 1. The second kappa shape index (κ2) is 10.4. The lowest BCUT2D eigenvalue weighted by Crippen LogP contribution is -2.43. The highest BCUT2D eigenvalue weighted by atomic mass is 19.4. The van der Waals surface area contributed by atoms with Gasteiger partial charge >= 0.3 is 6.18 Å². The first kappa shape index (κ1) is 24.5. The molecule has 0 unspecified atom stereocenters. The van der Waals surface area contributed by atoms with Gasteiger partial charge in [0, 0.05) is 51.4 Å². The van der Waals surface area contributed by atoms with Gasteiger partial charge in [0.25, 0.3) is 0 Å². The number of anilines is 1. The number of aliphatic hydroxyl groups is 1. The van der Waals surface area contributed by atoms with Crippen molar-refractivity contribution in [3.63, 3.8) is 0 Å². The summed E-state index contributed by atoms with van der Waals surface area (Å²) in [5.74, 6) is 0.0478. The molecule has 2 saturated heterocycles. The van der Waals surface area contributed by atoms with Crippen LogP contribution in [0.5, 0.6) is 0 Å². The number of benzene rings is 2. The molecule has 1 amide bonds. The van der Waals surface area contributed by atoms with Crippen molar-refractivity contribution in [2.24, 2.45) is 0 Å². The number of rotatable bonds is 6. The Morgan fingerprint density at radius 3 is 2.32 bits per heavy atom.